The van der Waals surface area contributed by atoms with E-state index in [-0.39, 0.29) is 17.5 Å². The summed E-state index contributed by atoms with van der Waals surface area (Å²) in [7, 11) is -3.17. The van der Waals surface area contributed by atoms with Gasteiger partial charge in [0.15, 0.2) is 0 Å². The summed E-state index contributed by atoms with van der Waals surface area (Å²) in [5.41, 5.74) is 0.0606. The number of carbonyl (C=O) groups excluding carboxylic acids is 1. The van der Waals surface area contributed by atoms with Crippen LogP contribution in [-0.4, -0.2) is 56.7 Å². The molecule has 4 aliphatic carbocycles. The Balaban J connectivity index is 1.35. The molecule has 4 saturated carbocycles. The van der Waals surface area contributed by atoms with Gasteiger partial charge in [0.05, 0.1) is 12.3 Å². The van der Waals surface area contributed by atoms with Gasteiger partial charge in [-0.3, -0.25) is 9.69 Å². The van der Waals surface area contributed by atoms with E-state index in [1.54, 1.807) is 0 Å². The summed E-state index contributed by atoms with van der Waals surface area (Å²) in [4.78, 5) is 15.2. The molecule has 5 rings (SSSR count). The second-order valence-electron chi connectivity index (χ2n) is 9.05. The van der Waals surface area contributed by atoms with Gasteiger partial charge in [-0.25, -0.2) is 13.1 Å². The van der Waals surface area contributed by atoms with Crippen molar-refractivity contribution in [3.63, 3.8) is 0 Å². The van der Waals surface area contributed by atoms with Gasteiger partial charge in [0.2, 0.25) is 15.9 Å². The van der Waals surface area contributed by atoms with Crippen LogP contribution in [-0.2, 0) is 14.8 Å². The lowest BCUT2D eigenvalue weighted by Gasteiger charge is -2.57. The Kier molecular flexibility index (Phi) is 4.61. The first kappa shape index (κ1) is 17.7. The van der Waals surface area contributed by atoms with Gasteiger partial charge in [-0.05, 0) is 75.7 Å². The molecule has 1 amide bonds. The summed E-state index contributed by atoms with van der Waals surface area (Å²) in [6.07, 6.45) is 10.7. The van der Waals surface area contributed by atoms with E-state index < -0.39 is 10.0 Å². The van der Waals surface area contributed by atoms with Crippen LogP contribution in [0.5, 0.6) is 0 Å². The van der Waals surface area contributed by atoms with Crippen molar-refractivity contribution in [1.29, 1.82) is 0 Å². The maximum atomic E-state index is 13.0. The Bertz CT molecular complexity index is 598. The van der Waals surface area contributed by atoms with Crippen molar-refractivity contribution in [3.8, 4) is 0 Å². The standard InChI is InChI=1S/C18H31N3O3S/c1-25(23,24)19-4-6-21-5-2-3-16(21)17(22)20-18-10-13-7-14(11-18)9-15(8-13)12-18/h13-16,19H,2-12H2,1H3,(H,20,22). The molecule has 25 heavy (non-hydrogen) atoms. The molecule has 1 unspecified atom stereocenters. The predicted molar refractivity (Wildman–Crippen MR) is 96.5 cm³/mol. The van der Waals surface area contributed by atoms with Gasteiger partial charge in [-0.15, -0.1) is 0 Å². The molecule has 2 N–H and O–H groups in total. The maximum Gasteiger partial charge on any atom is 0.237 e. The van der Waals surface area contributed by atoms with Gasteiger partial charge in [0, 0.05) is 18.6 Å². The number of hydrogen-bond donors (Lipinski definition) is 2. The molecule has 7 heteroatoms. The lowest BCUT2D eigenvalue weighted by atomic mass is 9.53. The summed E-state index contributed by atoms with van der Waals surface area (Å²) in [6.45, 7) is 1.86. The SMILES string of the molecule is CS(=O)(=O)NCCN1CCCC1C(=O)NC12CC3CC(CC(C3)C1)C2. The molecule has 1 saturated heterocycles. The first-order chi connectivity index (χ1) is 11.8. The largest absolute Gasteiger partial charge is 0.349 e. The predicted octanol–water partition coefficient (Wildman–Crippen LogP) is 1.08. The number of amides is 1. The molecule has 0 spiro atoms. The van der Waals surface area contributed by atoms with Crippen molar-refractivity contribution in [1.82, 2.24) is 14.9 Å². The number of likely N-dealkylation sites (tertiary alicyclic amines) is 1. The van der Waals surface area contributed by atoms with Crippen LogP contribution in [0.15, 0.2) is 0 Å². The van der Waals surface area contributed by atoms with Crippen molar-refractivity contribution in [2.75, 3.05) is 25.9 Å². The molecule has 5 aliphatic rings. The third-order valence-corrected chi connectivity index (χ3v) is 7.58. The Hall–Kier alpha value is -0.660. The average molecular weight is 370 g/mol. The zero-order valence-electron chi connectivity index (χ0n) is 15.2. The third-order valence-electron chi connectivity index (χ3n) is 6.86. The van der Waals surface area contributed by atoms with Crippen LogP contribution in [0.25, 0.3) is 0 Å². The Morgan fingerprint density at radius 3 is 2.28 bits per heavy atom. The van der Waals surface area contributed by atoms with E-state index in [9.17, 15) is 13.2 Å². The fraction of sp³-hybridized carbons (Fsp3) is 0.944. The number of sulfonamides is 1. The summed E-state index contributed by atoms with van der Waals surface area (Å²) >= 11 is 0. The second kappa shape index (κ2) is 6.50. The minimum absolute atomic E-state index is 0.0606. The van der Waals surface area contributed by atoms with Crippen molar-refractivity contribution in [3.05, 3.63) is 0 Å². The van der Waals surface area contributed by atoms with E-state index in [0.29, 0.717) is 13.1 Å². The molecule has 0 aromatic heterocycles. The lowest BCUT2D eigenvalue weighted by Crippen LogP contribution is -2.62. The number of nitrogens with one attached hydrogen (secondary N) is 2. The van der Waals surface area contributed by atoms with Gasteiger partial charge < -0.3 is 5.32 Å². The smallest absolute Gasteiger partial charge is 0.237 e. The van der Waals surface area contributed by atoms with Crippen LogP contribution < -0.4 is 10.0 Å². The zero-order chi connectivity index (χ0) is 17.7. The highest BCUT2D eigenvalue weighted by Gasteiger charge is 2.52. The first-order valence-corrected chi connectivity index (χ1v) is 11.7. The van der Waals surface area contributed by atoms with Gasteiger partial charge >= 0.3 is 0 Å². The monoisotopic (exact) mass is 369 g/mol. The second-order valence-corrected chi connectivity index (χ2v) is 10.9. The van der Waals surface area contributed by atoms with Crippen LogP contribution >= 0.6 is 0 Å². The van der Waals surface area contributed by atoms with Crippen LogP contribution in [0.4, 0.5) is 0 Å². The molecule has 1 heterocycles. The van der Waals surface area contributed by atoms with Crippen LogP contribution in [0, 0.1) is 17.8 Å². The van der Waals surface area contributed by atoms with E-state index in [4.69, 9.17) is 0 Å². The van der Waals surface area contributed by atoms with Crippen molar-refractivity contribution in [2.24, 2.45) is 17.8 Å². The third kappa shape index (κ3) is 3.88. The van der Waals surface area contributed by atoms with Gasteiger partial charge in [-0.1, -0.05) is 0 Å². The molecule has 1 aliphatic heterocycles. The summed E-state index contributed by atoms with van der Waals surface area (Å²) in [5, 5.41) is 3.48. The van der Waals surface area contributed by atoms with Crippen LogP contribution in [0.3, 0.4) is 0 Å². The Morgan fingerprint density at radius 2 is 1.72 bits per heavy atom. The quantitative estimate of drug-likeness (QED) is 0.734. The fourth-order valence-corrected chi connectivity index (χ4v) is 6.84. The van der Waals surface area contributed by atoms with Gasteiger partial charge in [-0.2, -0.15) is 0 Å². The Morgan fingerprint density at radius 1 is 1.12 bits per heavy atom. The molecule has 4 bridgehead atoms. The average Bonchev–Trinajstić information content (AvgIpc) is 2.92. The van der Waals surface area contributed by atoms with E-state index in [0.717, 1.165) is 37.1 Å². The van der Waals surface area contributed by atoms with Crippen molar-refractivity contribution >= 4 is 15.9 Å². The van der Waals surface area contributed by atoms with Crippen molar-refractivity contribution < 1.29 is 13.2 Å². The van der Waals surface area contributed by atoms with Crippen molar-refractivity contribution in [2.45, 2.75) is 62.9 Å². The number of rotatable bonds is 6. The molecule has 1 atom stereocenters. The molecule has 6 nitrogen and oxygen atoms in total. The van der Waals surface area contributed by atoms with E-state index in [1.165, 1.54) is 44.8 Å². The summed E-state index contributed by atoms with van der Waals surface area (Å²) < 4.78 is 25.0. The molecular weight excluding hydrogens is 338 g/mol. The summed E-state index contributed by atoms with van der Waals surface area (Å²) in [6, 6.07) is -0.0886. The number of hydrogen-bond acceptors (Lipinski definition) is 4. The van der Waals surface area contributed by atoms with Gasteiger partial charge in [0.25, 0.3) is 0 Å². The first-order valence-electron chi connectivity index (χ1n) is 9.83. The highest BCUT2D eigenvalue weighted by molar-refractivity contribution is 7.88. The van der Waals surface area contributed by atoms with Crippen LogP contribution in [0.1, 0.15) is 51.4 Å². The fourth-order valence-electron chi connectivity index (χ4n) is 6.37. The molecular formula is C18H31N3O3S. The number of nitrogens with zero attached hydrogens (tertiary/aromatic N) is 1. The molecule has 0 aromatic carbocycles. The van der Waals surface area contributed by atoms with E-state index in [2.05, 4.69) is 14.9 Å². The van der Waals surface area contributed by atoms with Crippen LogP contribution in [0.2, 0.25) is 0 Å². The number of carbonyl (C=O) groups is 1. The molecule has 142 valence electrons. The topological polar surface area (TPSA) is 78.5 Å². The minimum Gasteiger partial charge on any atom is -0.349 e. The molecule has 5 fully saturated rings. The van der Waals surface area contributed by atoms with Gasteiger partial charge in [0.1, 0.15) is 0 Å². The molecule has 0 aromatic rings. The normalized spacial score (nSPS) is 40.5. The van der Waals surface area contributed by atoms with E-state index in [1.807, 2.05) is 0 Å². The summed E-state index contributed by atoms with van der Waals surface area (Å²) in [5.74, 6) is 2.65. The lowest BCUT2D eigenvalue weighted by molar-refractivity contribution is -0.131. The highest BCUT2D eigenvalue weighted by Crippen LogP contribution is 2.55. The zero-order valence-corrected chi connectivity index (χ0v) is 16.0. The van der Waals surface area contributed by atoms with E-state index >= 15 is 0 Å². The highest BCUT2D eigenvalue weighted by atomic mass is 32.2. The minimum atomic E-state index is -3.17. The maximum absolute atomic E-state index is 13.0. The molecule has 0 radical (unpaired) electrons. The Labute approximate surface area is 151 Å².